The number of aliphatic hydroxyl groups is 4. The largest absolute Gasteiger partial charge is 0.459 e. The molecule has 4 bridgehead atoms. The minimum atomic E-state index is -1.88. The molecule has 0 unspecified atom stereocenters. The van der Waals surface area contributed by atoms with E-state index in [1.807, 2.05) is 70.9 Å². The molecule has 1 amide bonds. The molecule has 6 aliphatic rings. The van der Waals surface area contributed by atoms with Crippen LogP contribution in [0.1, 0.15) is 167 Å². The number of nitrogens with two attached hydrogens (primary N) is 1. The lowest BCUT2D eigenvalue weighted by atomic mass is 9.73. The van der Waals surface area contributed by atoms with Gasteiger partial charge in [-0.25, -0.2) is 4.99 Å². The van der Waals surface area contributed by atoms with Gasteiger partial charge in [0.25, 0.3) is 0 Å². The number of ketones is 3. The van der Waals surface area contributed by atoms with Gasteiger partial charge in [0, 0.05) is 83.9 Å². The van der Waals surface area contributed by atoms with Crippen molar-refractivity contribution in [1.82, 2.24) is 34.3 Å². The Bertz CT molecular complexity index is 4130. The number of fused-ring (bicyclic) bond motifs is 10. The van der Waals surface area contributed by atoms with Crippen LogP contribution in [0, 0.1) is 47.3 Å². The first-order valence-electron chi connectivity index (χ1n) is 40.7. The van der Waals surface area contributed by atoms with Gasteiger partial charge in [0.15, 0.2) is 36.5 Å². The number of ether oxygens (including phenoxy) is 10. The fourth-order valence-electron chi connectivity index (χ4n) is 17.2. The number of rotatable bonds is 16. The summed E-state index contributed by atoms with van der Waals surface area (Å²) in [5.41, 5.74) is 2.62. The summed E-state index contributed by atoms with van der Waals surface area (Å²) in [6.07, 6.45) is -5.75. The summed E-state index contributed by atoms with van der Waals surface area (Å²) in [5.74, 6) is -10.2. The third kappa shape index (κ3) is 22.4. The van der Waals surface area contributed by atoms with Crippen LogP contribution in [0.4, 0.5) is 5.95 Å². The molecule has 34 nitrogen and oxygen atoms in total. The molecule has 35 heteroatoms. The molecule has 6 N–H and O–H groups in total. The number of carbonyl (C=O) groups excluding carboxylic acids is 6. The van der Waals surface area contributed by atoms with Crippen LogP contribution < -0.4 is 5.73 Å². The van der Waals surface area contributed by atoms with E-state index in [4.69, 9.17) is 67.3 Å². The zero-order valence-corrected chi connectivity index (χ0v) is 72.6. The number of esters is 2. The maximum Gasteiger partial charge on any atom is 0.316 e. The Labute approximate surface area is 694 Å². The molecule has 10 heterocycles. The number of likely N-dealkylation sites (N-methyl/N-ethyl adjacent to an activating group) is 2. The number of aromatic nitrogens is 5. The van der Waals surface area contributed by atoms with E-state index in [0.29, 0.717) is 46.3 Å². The molecule has 26 atom stereocenters. The number of oxime groups is 2. The van der Waals surface area contributed by atoms with Crippen LogP contribution in [0.5, 0.6) is 0 Å². The van der Waals surface area contributed by atoms with Crippen LogP contribution in [0.2, 0.25) is 0 Å². The van der Waals surface area contributed by atoms with Crippen molar-refractivity contribution >= 4 is 69.8 Å². The topological polar surface area (TPSA) is 441 Å². The van der Waals surface area contributed by atoms with E-state index in [1.54, 1.807) is 92.9 Å². The first-order valence-corrected chi connectivity index (χ1v) is 41.4. The molecule has 0 spiro atoms. The maximum absolute atomic E-state index is 14.5. The van der Waals surface area contributed by atoms with Crippen LogP contribution in [-0.2, 0) is 99.0 Å². The summed E-state index contributed by atoms with van der Waals surface area (Å²) >= 11 is 1.16. The number of Topliss-reactive ketones (excluding diaryl/α,β-unsaturated/α-hetero) is 3. The van der Waals surface area contributed by atoms with Crippen LogP contribution in [0.15, 0.2) is 68.7 Å². The molecule has 118 heavy (non-hydrogen) atoms. The second-order valence-electron chi connectivity index (χ2n) is 33.9. The molecule has 0 aromatic carbocycles. The smallest absolute Gasteiger partial charge is 0.316 e. The molecular formula is C83H123N11O23S. The monoisotopic (exact) mass is 1670 g/mol. The Morgan fingerprint density at radius 2 is 1.13 bits per heavy atom. The summed E-state index contributed by atoms with van der Waals surface area (Å²) in [6, 6.07) is 8.21. The summed E-state index contributed by atoms with van der Waals surface area (Å²) in [7, 11) is 7.43. The van der Waals surface area contributed by atoms with Gasteiger partial charge in [-0.15, -0.1) is 0 Å². The van der Waals surface area contributed by atoms with E-state index < -0.39 is 161 Å². The fraction of sp³-hybridized carbons (Fsp3) is 0.711. The molecule has 0 saturated carbocycles. The molecule has 6 saturated heterocycles. The van der Waals surface area contributed by atoms with Crippen molar-refractivity contribution in [1.29, 1.82) is 0 Å². The Morgan fingerprint density at radius 3 is 1.56 bits per heavy atom. The predicted octanol–water partition coefficient (Wildman–Crippen LogP) is 7.37. The Morgan fingerprint density at radius 1 is 0.627 bits per heavy atom. The molecule has 6 fully saturated rings. The highest BCUT2D eigenvalue weighted by Gasteiger charge is 2.57. The SMILES string of the molecule is CC[C@H]1OC(=O)[C@H](C)C(=O)[C@H](C)[C@@H](O[C@@H]2O[C@H](C)C[C@H](N(C)C)[C@H]2O)[C@@]2(C)C[C@@H](C)C(=NC(C)=O)[C@H](C)[C@@H](OC/C(=N\OCc3ccc(-c4ccno4)nc3)CO2)[C@]1(C)O.CC[C@H]1OC(=O)[C@H](C)C(=O)[C@H](C)[C@@H](O[C@@H]2O[C@H](C)C[C@H](N(C)C)[C@H]2O)[C@@]2(C)C[C@@H](C)C(=O)[C@H](C)[C@@H](OC/C(=N\OCc3ccc(-c4nc(N)ns4)cn3)CO2)[C@]1(C)O. The summed E-state index contributed by atoms with van der Waals surface area (Å²) in [4.78, 5) is 117. The molecular weight excluding hydrogens is 1550 g/mol. The zero-order chi connectivity index (χ0) is 86.8. The number of anilines is 1. The maximum atomic E-state index is 14.5. The van der Waals surface area contributed by atoms with Gasteiger partial charge in [-0.05, 0) is 158 Å². The Hall–Kier alpha value is -7.46. The van der Waals surface area contributed by atoms with E-state index in [-0.39, 0.29) is 113 Å². The number of amides is 1. The lowest BCUT2D eigenvalue weighted by molar-refractivity contribution is -0.296. The van der Waals surface area contributed by atoms with Gasteiger partial charge in [-0.1, -0.05) is 76.9 Å². The lowest BCUT2D eigenvalue weighted by Gasteiger charge is -2.47. The van der Waals surface area contributed by atoms with E-state index in [1.165, 1.54) is 40.8 Å². The average molecular weight is 1680 g/mol. The van der Waals surface area contributed by atoms with Crippen molar-refractivity contribution in [3.05, 3.63) is 60.2 Å². The second-order valence-corrected chi connectivity index (χ2v) is 34.7. The van der Waals surface area contributed by atoms with Gasteiger partial charge >= 0.3 is 11.9 Å². The number of pyridine rings is 2. The van der Waals surface area contributed by atoms with Crippen molar-refractivity contribution < 1.29 is 111 Å². The number of hydrogen-bond acceptors (Lipinski definition) is 34. The third-order valence-corrected chi connectivity index (χ3v) is 24.6. The highest BCUT2D eigenvalue weighted by atomic mass is 32.1. The molecule has 654 valence electrons. The molecule has 4 aromatic rings. The summed E-state index contributed by atoms with van der Waals surface area (Å²) in [5, 5.41) is 61.0. The normalized spacial score (nSPS) is 37.7. The van der Waals surface area contributed by atoms with Crippen molar-refractivity contribution in [3.63, 3.8) is 0 Å². The first-order chi connectivity index (χ1) is 55.5. The molecule has 10 rings (SSSR count). The Balaban J connectivity index is 0.000000269. The highest BCUT2D eigenvalue weighted by molar-refractivity contribution is 7.09. The number of hydrogen-bond donors (Lipinski definition) is 5. The summed E-state index contributed by atoms with van der Waals surface area (Å²) < 4.78 is 73.6. The van der Waals surface area contributed by atoms with Gasteiger partial charge in [0.1, 0.15) is 82.0 Å². The molecule has 0 aliphatic carbocycles. The van der Waals surface area contributed by atoms with Crippen molar-refractivity contribution in [2.24, 2.45) is 62.6 Å². The summed E-state index contributed by atoms with van der Waals surface area (Å²) in [6.45, 7) is 27.5. The van der Waals surface area contributed by atoms with Crippen LogP contribution in [0.25, 0.3) is 22.0 Å². The molecule has 0 radical (unpaired) electrons. The number of cyclic esters (lactones) is 2. The van der Waals surface area contributed by atoms with E-state index in [0.717, 1.165) is 17.1 Å². The number of aliphatic hydroxyl groups excluding tert-OH is 2. The lowest BCUT2D eigenvalue weighted by Crippen LogP contribution is -2.60. The van der Waals surface area contributed by atoms with Crippen molar-refractivity contribution in [3.8, 4) is 22.0 Å². The number of aliphatic imine (C=N–C) groups is 1. The number of nitrogen functional groups attached to an aromatic ring is 1. The zero-order valence-electron chi connectivity index (χ0n) is 71.8. The molecule has 6 aliphatic heterocycles. The first kappa shape index (κ1) is 94.4. The fourth-order valence-corrected chi connectivity index (χ4v) is 17.8. The van der Waals surface area contributed by atoms with Crippen molar-refractivity contribution in [2.45, 2.75) is 278 Å². The minimum absolute atomic E-state index is 0.0274. The standard InChI is InChI=1S/C43H63N5O12.C40H60N6O11S/c1-12-34-43(9,53)39-25(4)35(46-28(7)49)23(2)18-42(8,55-22-30(21-54-39)47-56-20-29-13-14-31(44-19-29)33-15-16-45-60-33)38(26(5)36(50)27(6)40(52)58-34)59-41-37(51)32(48(10)11)17-24(3)57-41;1-11-29-40(8,51)34-22(4)30(47)20(2)15-39(7,53-18-27(17-52-34)44-54-19-26-13-12-25(16-42-26)35-43-38(41)45-58-35)33(23(5)31(48)24(6)36(50)56-29)57-37-32(49)28(46(9)10)14-21(3)55-37/h13-16,19,23-27,32,34,37-39,41,51,53H,12,17-18,20-22H2,1-11H3;12-13,16,20-24,28-29,32-34,37,49,51H,11,14-15,17-19H2,1-10H3,(H2,41,45)/b46-35?,47-30+;44-27+/t23-,24-,25+,26+,27-,32+,34-,37-,38-,39-,41+,42-,43-;20-,21-,22+,23+,24-,28+,29-,32-,33-,34-,37+,39-,40-/m11/s1. The predicted molar refractivity (Wildman–Crippen MR) is 432 cm³/mol. The average Bonchev–Trinajstić information content (AvgIpc) is 1.20. The van der Waals surface area contributed by atoms with Gasteiger partial charge < -0.3 is 97.5 Å². The second kappa shape index (κ2) is 40.5. The minimum Gasteiger partial charge on any atom is -0.459 e. The Kier molecular flexibility index (Phi) is 32.4. The third-order valence-electron chi connectivity index (χ3n) is 23.8. The number of nitrogens with zero attached hydrogens (tertiary/aromatic N) is 10. The van der Waals surface area contributed by atoms with Crippen molar-refractivity contribution in [2.75, 3.05) is 60.4 Å². The number of carbonyl (C=O) groups is 6. The highest BCUT2D eigenvalue weighted by Crippen LogP contribution is 2.44. The van der Waals surface area contributed by atoms with Gasteiger partial charge in [-0.3, -0.25) is 38.7 Å². The molecule has 4 aromatic heterocycles. The van der Waals surface area contributed by atoms with Gasteiger partial charge in [-0.2, -0.15) is 9.36 Å². The van der Waals surface area contributed by atoms with Gasteiger partial charge in [0.2, 0.25) is 11.9 Å². The van der Waals surface area contributed by atoms with Gasteiger partial charge in [0.05, 0.1) is 86.1 Å². The quantitative estimate of drug-likeness (QED) is 0.0415. The van der Waals surface area contributed by atoms with Crippen LogP contribution >= 0.6 is 11.5 Å². The van der Waals surface area contributed by atoms with E-state index in [9.17, 15) is 49.2 Å². The van der Waals surface area contributed by atoms with Crippen LogP contribution in [0.3, 0.4) is 0 Å². The van der Waals surface area contributed by atoms with E-state index >= 15 is 0 Å². The van der Waals surface area contributed by atoms with E-state index in [2.05, 4.69) is 39.8 Å². The van der Waals surface area contributed by atoms with Crippen LogP contribution in [-0.4, -0.2) is 270 Å².